The highest BCUT2D eigenvalue weighted by atomic mass is 35.5. The second kappa shape index (κ2) is 6.66. The summed E-state index contributed by atoms with van der Waals surface area (Å²) in [6, 6.07) is 3.65. The zero-order chi connectivity index (χ0) is 12.3. The van der Waals surface area contributed by atoms with E-state index in [-0.39, 0.29) is 24.0 Å². The molecule has 1 amide bonds. The molecule has 1 aromatic rings. The molecular formula is C12H15ClF2N2O. The first-order valence-corrected chi connectivity index (χ1v) is 5.64. The van der Waals surface area contributed by atoms with Crippen LogP contribution < -0.4 is 10.6 Å². The van der Waals surface area contributed by atoms with Crippen LogP contribution in [0.15, 0.2) is 18.2 Å². The van der Waals surface area contributed by atoms with E-state index in [1.165, 1.54) is 12.1 Å². The number of carbonyl (C=O) groups is 1. The van der Waals surface area contributed by atoms with Crippen molar-refractivity contribution in [3.05, 3.63) is 35.4 Å². The Morgan fingerprint density at radius 1 is 1.28 bits per heavy atom. The SMILES string of the molecule is Cl.O=C(NC1CCNCC1)c1cccc(F)c1F. The molecule has 0 radical (unpaired) electrons. The van der Waals surface area contributed by atoms with E-state index in [0.717, 1.165) is 32.0 Å². The number of amides is 1. The van der Waals surface area contributed by atoms with Gasteiger partial charge >= 0.3 is 0 Å². The number of benzene rings is 1. The lowest BCUT2D eigenvalue weighted by atomic mass is 10.1. The minimum Gasteiger partial charge on any atom is -0.349 e. The number of nitrogens with one attached hydrogen (secondary N) is 2. The van der Waals surface area contributed by atoms with Crippen molar-refractivity contribution in [2.24, 2.45) is 0 Å². The van der Waals surface area contributed by atoms with Gasteiger partial charge in [-0.05, 0) is 38.1 Å². The highest BCUT2D eigenvalue weighted by molar-refractivity contribution is 5.94. The number of hydrogen-bond donors (Lipinski definition) is 2. The zero-order valence-corrected chi connectivity index (χ0v) is 10.5. The summed E-state index contributed by atoms with van der Waals surface area (Å²) in [7, 11) is 0. The van der Waals surface area contributed by atoms with Crippen molar-refractivity contribution in [1.29, 1.82) is 0 Å². The Morgan fingerprint density at radius 2 is 1.94 bits per heavy atom. The van der Waals surface area contributed by atoms with Gasteiger partial charge in [0.1, 0.15) is 0 Å². The summed E-state index contributed by atoms with van der Waals surface area (Å²) in [5.74, 6) is -2.63. The Balaban J connectivity index is 0.00000162. The quantitative estimate of drug-likeness (QED) is 0.866. The Labute approximate surface area is 110 Å². The maximum absolute atomic E-state index is 13.4. The van der Waals surface area contributed by atoms with Gasteiger partial charge in [-0.1, -0.05) is 6.07 Å². The van der Waals surface area contributed by atoms with Crippen molar-refractivity contribution >= 4 is 18.3 Å². The monoisotopic (exact) mass is 276 g/mol. The van der Waals surface area contributed by atoms with Crippen LogP contribution in [0.25, 0.3) is 0 Å². The standard InChI is InChI=1S/C12H14F2N2O.ClH/c13-10-3-1-2-9(11(10)14)12(17)16-8-4-6-15-7-5-8;/h1-3,8,15H,4-7H2,(H,16,17);1H. The molecule has 2 rings (SSSR count). The molecule has 6 heteroatoms. The predicted octanol–water partition coefficient (Wildman–Crippen LogP) is 1.87. The molecule has 0 atom stereocenters. The van der Waals surface area contributed by atoms with Crippen molar-refractivity contribution in [3.63, 3.8) is 0 Å². The van der Waals surface area contributed by atoms with Crippen molar-refractivity contribution in [2.75, 3.05) is 13.1 Å². The largest absolute Gasteiger partial charge is 0.349 e. The molecular weight excluding hydrogens is 262 g/mol. The third-order valence-corrected chi connectivity index (χ3v) is 2.87. The predicted molar refractivity (Wildman–Crippen MR) is 67.0 cm³/mol. The first kappa shape index (κ1) is 14.9. The second-order valence-corrected chi connectivity index (χ2v) is 4.10. The second-order valence-electron chi connectivity index (χ2n) is 4.10. The van der Waals surface area contributed by atoms with Gasteiger partial charge in [0.2, 0.25) is 0 Å². The van der Waals surface area contributed by atoms with Crippen LogP contribution in [0.2, 0.25) is 0 Å². The van der Waals surface area contributed by atoms with Crippen molar-refractivity contribution < 1.29 is 13.6 Å². The lowest BCUT2D eigenvalue weighted by molar-refractivity contribution is 0.0924. The Hall–Kier alpha value is -1.20. The third kappa shape index (κ3) is 3.40. The van der Waals surface area contributed by atoms with Gasteiger partial charge in [-0.3, -0.25) is 4.79 Å². The molecule has 0 spiro atoms. The van der Waals surface area contributed by atoms with Gasteiger partial charge in [-0.25, -0.2) is 8.78 Å². The molecule has 0 aliphatic carbocycles. The first-order valence-electron chi connectivity index (χ1n) is 5.64. The Bertz CT molecular complexity index is 423. The maximum atomic E-state index is 13.4. The van der Waals surface area contributed by atoms with Gasteiger partial charge in [0.15, 0.2) is 11.6 Å². The van der Waals surface area contributed by atoms with E-state index in [4.69, 9.17) is 0 Å². The number of hydrogen-bond acceptors (Lipinski definition) is 2. The molecule has 1 fully saturated rings. The van der Waals surface area contributed by atoms with Crippen LogP contribution in [-0.4, -0.2) is 25.0 Å². The van der Waals surface area contributed by atoms with Crippen LogP contribution in [0.4, 0.5) is 8.78 Å². The molecule has 0 unspecified atom stereocenters. The van der Waals surface area contributed by atoms with E-state index in [9.17, 15) is 13.6 Å². The molecule has 0 aromatic heterocycles. The molecule has 1 saturated heterocycles. The molecule has 1 aromatic carbocycles. The van der Waals surface area contributed by atoms with Crippen molar-refractivity contribution in [3.8, 4) is 0 Å². The van der Waals surface area contributed by atoms with Crippen LogP contribution in [0.1, 0.15) is 23.2 Å². The number of carbonyl (C=O) groups excluding carboxylic acids is 1. The third-order valence-electron chi connectivity index (χ3n) is 2.87. The van der Waals surface area contributed by atoms with Crippen LogP contribution >= 0.6 is 12.4 Å². The van der Waals surface area contributed by atoms with Gasteiger partial charge in [-0.15, -0.1) is 12.4 Å². The maximum Gasteiger partial charge on any atom is 0.254 e. The zero-order valence-electron chi connectivity index (χ0n) is 9.71. The van der Waals surface area contributed by atoms with E-state index in [1.807, 2.05) is 0 Å². The van der Waals surface area contributed by atoms with Gasteiger partial charge < -0.3 is 10.6 Å². The molecule has 1 aliphatic rings. The fourth-order valence-corrected chi connectivity index (χ4v) is 1.91. The molecule has 1 aliphatic heterocycles. The Kier molecular flexibility index (Phi) is 5.50. The topological polar surface area (TPSA) is 41.1 Å². The lowest BCUT2D eigenvalue weighted by Gasteiger charge is -2.23. The molecule has 0 saturated carbocycles. The van der Waals surface area contributed by atoms with Crippen molar-refractivity contribution in [1.82, 2.24) is 10.6 Å². The summed E-state index contributed by atoms with van der Waals surface area (Å²) in [5, 5.41) is 5.88. The van der Waals surface area contributed by atoms with E-state index in [0.29, 0.717) is 0 Å². The van der Waals surface area contributed by atoms with E-state index >= 15 is 0 Å². The summed E-state index contributed by atoms with van der Waals surface area (Å²) < 4.78 is 26.3. The number of piperidine rings is 1. The summed E-state index contributed by atoms with van der Waals surface area (Å²) in [6.45, 7) is 1.66. The van der Waals surface area contributed by atoms with E-state index in [1.54, 1.807) is 0 Å². The normalized spacial score (nSPS) is 15.9. The first-order chi connectivity index (χ1) is 8.18. The average molecular weight is 277 g/mol. The molecule has 100 valence electrons. The minimum absolute atomic E-state index is 0. The van der Waals surface area contributed by atoms with Gasteiger partial charge in [0, 0.05) is 6.04 Å². The van der Waals surface area contributed by atoms with Crippen LogP contribution in [0.3, 0.4) is 0 Å². The molecule has 1 heterocycles. The minimum atomic E-state index is -1.08. The summed E-state index contributed by atoms with van der Waals surface area (Å²) >= 11 is 0. The Morgan fingerprint density at radius 3 is 2.61 bits per heavy atom. The molecule has 2 N–H and O–H groups in total. The van der Waals surface area contributed by atoms with Crippen molar-refractivity contribution in [2.45, 2.75) is 18.9 Å². The summed E-state index contributed by atoms with van der Waals surface area (Å²) in [4.78, 5) is 11.7. The van der Waals surface area contributed by atoms with Gasteiger partial charge in [-0.2, -0.15) is 0 Å². The summed E-state index contributed by atoms with van der Waals surface area (Å²) in [5.41, 5.74) is -0.233. The number of halogens is 3. The molecule has 0 bridgehead atoms. The smallest absolute Gasteiger partial charge is 0.254 e. The molecule has 18 heavy (non-hydrogen) atoms. The highest BCUT2D eigenvalue weighted by Gasteiger charge is 2.19. The number of rotatable bonds is 2. The average Bonchev–Trinajstić information content (AvgIpc) is 2.34. The van der Waals surface area contributed by atoms with Gasteiger partial charge in [0.05, 0.1) is 5.56 Å². The van der Waals surface area contributed by atoms with Crippen LogP contribution in [0.5, 0.6) is 0 Å². The van der Waals surface area contributed by atoms with Crippen LogP contribution in [0, 0.1) is 11.6 Å². The van der Waals surface area contributed by atoms with E-state index in [2.05, 4.69) is 10.6 Å². The fraction of sp³-hybridized carbons (Fsp3) is 0.417. The van der Waals surface area contributed by atoms with Gasteiger partial charge in [0.25, 0.3) is 5.91 Å². The van der Waals surface area contributed by atoms with Crippen LogP contribution in [-0.2, 0) is 0 Å². The molecule has 3 nitrogen and oxygen atoms in total. The summed E-state index contributed by atoms with van der Waals surface area (Å²) in [6.07, 6.45) is 1.62. The lowest BCUT2D eigenvalue weighted by Crippen LogP contribution is -2.43. The van der Waals surface area contributed by atoms with E-state index < -0.39 is 17.5 Å². The highest BCUT2D eigenvalue weighted by Crippen LogP contribution is 2.12. The fourth-order valence-electron chi connectivity index (χ4n) is 1.91.